The molecule has 0 amide bonds. The molecule has 0 saturated carbocycles. The molecule has 20 heavy (non-hydrogen) atoms. The molecule has 0 aromatic heterocycles. The zero-order valence-electron chi connectivity index (χ0n) is 11.1. The fraction of sp³-hybridized carbons (Fsp3) is 0.200. The maximum atomic E-state index is 14.0. The summed E-state index contributed by atoms with van der Waals surface area (Å²) in [5, 5.41) is 10.7. The van der Waals surface area contributed by atoms with Crippen LogP contribution >= 0.6 is 11.6 Å². The molecule has 3 nitrogen and oxygen atoms in total. The second-order valence-corrected chi connectivity index (χ2v) is 4.55. The smallest absolute Gasteiger partial charge is 0.133 e. The molecule has 0 bridgehead atoms. The molecular weight excluding hydrogens is 283 g/mol. The lowest BCUT2D eigenvalue weighted by atomic mass is 10.00. The van der Waals surface area contributed by atoms with E-state index >= 15 is 0 Å². The number of ether oxygens (including phenoxy) is 2. The Labute approximate surface area is 121 Å². The predicted molar refractivity (Wildman–Crippen MR) is 75.0 cm³/mol. The molecule has 1 unspecified atom stereocenters. The Morgan fingerprint density at radius 2 is 1.90 bits per heavy atom. The fourth-order valence-corrected chi connectivity index (χ4v) is 2.24. The molecule has 2 rings (SSSR count). The van der Waals surface area contributed by atoms with Crippen LogP contribution < -0.4 is 9.47 Å². The summed E-state index contributed by atoms with van der Waals surface area (Å²) in [6, 6.07) is 9.21. The first-order chi connectivity index (χ1) is 9.58. The summed E-state index contributed by atoms with van der Waals surface area (Å²) in [6.07, 6.45) is -1.22. The molecule has 0 aliphatic rings. The molecule has 0 aliphatic heterocycles. The zero-order valence-corrected chi connectivity index (χ0v) is 11.8. The lowest BCUT2D eigenvalue weighted by molar-refractivity contribution is 0.209. The Hall–Kier alpha value is -1.78. The first-order valence-corrected chi connectivity index (χ1v) is 6.30. The Morgan fingerprint density at radius 3 is 2.50 bits per heavy atom. The van der Waals surface area contributed by atoms with Crippen LogP contribution in [0.3, 0.4) is 0 Å². The number of methoxy groups -OCH3 is 2. The van der Waals surface area contributed by atoms with E-state index in [9.17, 15) is 9.50 Å². The standard InChI is InChI=1S/C15H14ClFO3/c1-19-9-6-7-10(12(17)8-9)15(18)14-11(16)4-3-5-13(14)20-2/h3-8,15,18H,1-2H3. The highest BCUT2D eigenvalue weighted by atomic mass is 35.5. The average molecular weight is 297 g/mol. The van der Waals surface area contributed by atoms with Crippen molar-refractivity contribution in [2.24, 2.45) is 0 Å². The van der Waals surface area contributed by atoms with E-state index in [0.29, 0.717) is 22.1 Å². The van der Waals surface area contributed by atoms with Crippen molar-refractivity contribution >= 4 is 11.6 Å². The summed E-state index contributed by atoms with van der Waals surface area (Å²) in [6.45, 7) is 0. The van der Waals surface area contributed by atoms with Crippen molar-refractivity contribution in [3.05, 3.63) is 58.4 Å². The van der Waals surface area contributed by atoms with E-state index in [-0.39, 0.29) is 5.56 Å². The quantitative estimate of drug-likeness (QED) is 0.937. The second kappa shape index (κ2) is 6.11. The van der Waals surface area contributed by atoms with Crippen LogP contribution in [-0.2, 0) is 0 Å². The van der Waals surface area contributed by atoms with Gasteiger partial charge in [0, 0.05) is 17.2 Å². The van der Waals surface area contributed by atoms with E-state index in [2.05, 4.69) is 0 Å². The topological polar surface area (TPSA) is 38.7 Å². The molecule has 0 saturated heterocycles. The monoisotopic (exact) mass is 296 g/mol. The Bertz CT molecular complexity index is 616. The van der Waals surface area contributed by atoms with Gasteiger partial charge in [-0.25, -0.2) is 4.39 Å². The summed E-state index contributed by atoms with van der Waals surface area (Å²) in [4.78, 5) is 0. The van der Waals surface area contributed by atoms with Crippen LogP contribution in [0.1, 0.15) is 17.2 Å². The third kappa shape index (κ3) is 2.71. The number of halogens is 2. The van der Waals surface area contributed by atoms with Crippen LogP contribution in [0.2, 0.25) is 5.02 Å². The Balaban J connectivity index is 2.49. The maximum Gasteiger partial charge on any atom is 0.133 e. The molecule has 2 aromatic carbocycles. The molecule has 5 heteroatoms. The highest BCUT2D eigenvalue weighted by Crippen LogP contribution is 2.37. The number of aliphatic hydroxyl groups is 1. The fourth-order valence-electron chi connectivity index (χ4n) is 1.97. The van der Waals surface area contributed by atoms with E-state index in [1.165, 1.54) is 26.4 Å². The minimum atomic E-state index is -1.22. The van der Waals surface area contributed by atoms with Gasteiger partial charge in [0.1, 0.15) is 23.4 Å². The lowest BCUT2D eigenvalue weighted by Crippen LogP contribution is -2.06. The molecule has 1 N–H and O–H groups in total. The van der Waals surface area contributed by atoms with Gasteiger partial charge in [0.25, 0.3) is 0 Å². The van der Waals surface area contributed by atoms with Gasteiger partial charge in [-0.05, 0) is 24.3 Å². The first-order valence-electron chi connectivity index (χ1n) is 5.92. The van der Waals surface area contributed by atoms with Gasteiger partial charge >= 0.3 is 0 Å². The van der Waals surface area contributed by atoms with Crippen LogP contribution in [0.15, 0.2) is 36.4 Å². The Morgan fingerprint density at radius 1 is 1.15 bits per heavy atom. The normalized spacial score (nSPS) is 12.1. The molecule has 2 aromatic rings. The number of hydrogen-bond acceptors (Lipinski definition) is 3. The largest absolute Gasteiger partial charge is 0.497 e. The molecule has 106 valence electrons. The van der Waals surface area contributed by atoms with Crippen LogP contribution in [0.4, 0.5) is 4.39 Å². The van der Waals surface area contributed by atoms with Crippen molar-refractivity contribution in [1.29, 1.82) is 0 Å². The van der Waals surface area contributed by atoms with Crippen LogP contribution in [0, 0.1) is 5.82 Å². The summed E-state index contributed by atoms with van der Waals surface area (Å²) < 4.78 is 24.1. The SMILES string of the molecule is COc1ccc(C(O)c2c(Cl)cccc2OC)c(F)c1. The molecule has 0 spiro atoms. The van der Waals surface area contributed by atoms with E-state index in [1.807, 2.05) is 0 Å². The third-order valence-corrected chi connectivity index (χ3v) is 3.34. The summed E-state index contributed by atoms with van der Waals surface area (Å²) in [5.74, 6) is 0.212. The summed E-state index contributed by atoms with van der Waals surface area (Å²) in [5.41, 5.74) is 0.443. The predicted octanol–water partition coefficient (Wildman–Crippen LogP) is 3.58. The average Bonchev–Trinajstić information content (AvgIpc) is 2.46. The lowest BCUT2D eigenvalue weighted by Gasteiger charge is -2.17. The van der Waals surface area contributed by atoms with E-state index in [4.69, 9.17) is 21.1 Å². The second-order valence-electron chi connectivity index (χ2n) is 4.15. The summed E-state index contributed by atoms with van der Waals surface area (Å²) in [7, 11) is 2.91. The van der Waals surface area contributed by atoms with E-state index < -0.39 is 11.9 Å². The van der Waals surface area contributed by atoms with Crippen LogP contribution in [0.25, 0.3) is 0 Å². The van der Waals surface area contributed by atoms with E-state index in [1.54, 1.807) is 24.3 Å². The highest BCUT2D eigenvalue weighted by Gasteiger charge is 2.22. The van der Waals surface area contributed by atoms with Gasteiger partial charge in [-0.15, -0.1) is 0 Å². The van der Waals surface area contributed by atoms with Gasteiger partial charge in [0.15, 0.2) is 0 Å². The van der Waals surface area contributed by atoms with E-state index in [0.717, 1.165) is 0 Å². The van der Waals surface area contributed by atoms with Crippen molar-refractivity contribution in [2.45, 2.75) is 6.10 Å². The molecule has 0 radical (unpaired) electrons. The molecule has 0 aliphatic carbocycles. The first kappa shape index (κ1) is 14.6. The van der Waals surface area contributed by atoms with Crippen molar-refractivity contribution in [2.75, 3.05) is 14.2 Å². The molecule has 1 atom stereocenters. The number of rotatable bonds is 4. The summed E-state index contributed by atoms with van der Waals surface area (Å²) >= 11 is 6.08. The van der Waals surface area contributed by atoms with Crippen molar-refractivity contribution in [3.63, 3.8) is 0 Å². The van der Waals surface area contributed by atoms with Gasteiger partial charge in [0.05, 0.1) is 19.2 Å². The van der Waals surface area contributed by atoms with Gasteiger partial charge in [-0.2, -0.15) is 0 Å². The van der Waals surface area contributed by atoms with Crippen molar-refractivity contribution in [1.82, 2.24) is 0 Å². The third-order valence-electron chi connectivity index (χ3n) is 3.01. The highest BCUT2D eigenvalue weighted by molar-refractivity contribution is 6.31. The molecule has 0 fully saturated rings. The number of benzene rings is 2. The Kier molecular flexibility index (Phi) is 4.47. The van der Waals surface area contributed by atoms with Gasteiger partial charge in [-0.3, -0.25) is 0 Å². The van der Waals surface area contributed by atoms with Gasteiger partial charge < -0.3 is 14.6 Å². The maximum absolute atomic E-state index is 14.0. The van der Waals surface area contributed by atoms with Crippen LogP contribution in [-0.4, -0.2) is 19.3 Å². The molecule has 0 heterocycles. The zero-order chi connectivity index (χ0) is 14.7. The van der Waals surface area contributed by atoms with Gasteiger partial charge in [0.2, 0.25) is 0 Å². The minimum absolute atomic E-state index is 0.109. The van der Waals surface area contributed by atoms with Crippen molar-refractivity contribution < 1.29 is 19.0 Å². The number of hydrogen-bond donors (Lipinski definition) is 1. The van der Waals surface area contributed by atoms with Gasteiger partial charge in [-0.1, -0.05) is 17.7 Å². The molecular formula is C15H14ClFO3. The minimum Gasteiger partial charge on any atom is -0.497 e. The van der Waals surface area contributed by atoms with Crippen molar-refractivity contribution in [3.8, 4) is 11.5 Å². The number of aliphatic hydroxyl groups excluding tert-OH is 1. The van der Waals surface area contributed by atoms with Crippen LogP contribution in [0.5, 0.6) is 11.5 Å².